The van der Waals surface area contributed by atoms with Crippen molar-refractivity contribution in [3.8, 4) is 17.2 Å². The molecule has 3 heterocycles. The Bertz CT molecular complexity index is 1530. The van der Waals surface area contributed by atoms with Crippen LogP contribution in [0.4, 0.5) is 11.4 Å². The van der Waals surface area contributed by atoms with E-state index in [0.29, 0.717) is 18.8 Å². The number of amidine groups is 1. The lowest BCUT2D eigenvalue weighted by atomic mass is 9.94. The summed E-state index contributed by atoms with van der Waals surface area (Å²) in [6.45, 7) is 8.11. The summed E-state index contributed by atoms with van der Waals surface area (Å²) in [5.41, 5.74) is 7.75. The molecule has 0 spiro atoms. The fraction of sp³-hybridized carbons (Fsp3) is 0.273. The van der Waals surface area contributed by atoms with Gasteiger partial charge in [-0.2, -0.15) is 5.26 Å². The van der Waals surface area contributed by atoms with E-state index >= 15 is 0 Å². The molecule has 3 aromatic rings. The summed E-state index contributed by atoms with van der Waals surface area (Å²) in [5, 5.41) is 10.1. The molecule has 2 aliphatic rings. The SMILES string of the molecule is CC/C=C1\c2c(cccc2-c2cccnc2)N=C(CN(CCC)C2=C(C#N)C(C)=NCN2C)N1c1ccccc1. The van der Waals surface area contributed by atoms with Crippen molar-refractivity contribution >= 4 is 28.6 Å². The molecule has 0 aliphatic carbocycles. The number of allylic oxidation sites excluding steroid dienone is 2. The number of para-hydroxylation sites is 1. The van der Waals surface area contributed by atoms with Crippen molar-refractivity contribution in [2.45, 2.75) is 33.6 Å². The molecule has 0 saturated heterocycles. The van der Waals surface area contributed by atoms with E-state index in [1.165, 1.54) is 0 Å². The molecule has 1 aromatic heterocycles. The first-order chi connectivity index (χ1) is 19.6. The van der Waals surface area contributed by atoms with Crippen LogP contribution in [0.25, 0.3) is 16.8 Å². The van der Waals surface area contributed by atoms with Gasteiger partial charge in [0.15, 0.2) is 0 Å². The zero-order valence-corrected chi connectivity index (χ0v) is 23.7. The Labute approximate surface area is 237 Å². The van der Waals surface area contributed by atoms with Crippen LogP contribution in [0.3, 0.4) is 0 Å². The average molecular weight is 530 g/mol. The van der Waals surface area contributed by atoms with Gasteiger partial charge in [0.25, 0.3) is 0 Å². The van der Waals surface area contributed by atoms with Gasteiger partial charge in [0, 0.05) is 42.8 Å². The number of nitriles is 1. The summed E-state index contributed by atoms with van der Waals surface area (Å²) in [7, 11) is 2.00. The molecule has 0 saturated carbocycles. The fourth-order valence-electron chi connectivity index (χ4n) is 5.40. The van der Waals surface area contributed by atoms with E-state index in [4.69, 9.17) is 4.99 Å². The number of aromatic nitrogens is 1. The van der Waals surface area contributed by atoms with Gasteiger partial charge in [0.1, 0.15) is 30.0 Å². The first kappa shape index (κ1) is 26.9. The monoisotopic (exact) mass is 529 g/mol. The van der Waals surface area contributed by atoms with Gasteiger partial charge in [0.2, 0.25) is 0 Å². The van der Waals surface area contributed by atoms with Gasteiger partial charge in [-0.1, -0.05) is 56.3 Å². The molecule has 0 N–H and O–H groups in total. The third-order valence-corrected chi connectivity index (χ3v) is 7.14. The van der Waals surface area contributed by atoms with E-state index in [9.17, 15) is 5.26 Å². The topological polar surface area (TPSA) is 71.1 Å². The molecule has 0 amide bonds. The summed E-state index contributed by atoms with van der Waals surface area (Å²) >= 11 is 0. The van der Waals surface area contributed by atoms with Gasteiger partial charge in [-0.3, -0.25) is 14.9 Å². The standard InChI is InChI=1S/C33H35N7/c1-5-12-30-32-27(25-13-11-18-35-21-25)16-10-17-29(32)37-31(40(30)26-14-8-7-9-15-26)22-39(19-6-2)33-28(20-34)24(3)36-23-38(33)4/h7-18,21H,5-6,19,22-23H2,1-4H3/b30-12+. The minimum Gasteiger partial charge on any atom is -0.350 e. The molecule has 7 nitrogen and oxygen atoms in total. The number of benzene rings is 2. The number of aliphatic imine (C=N–C) groups is 2. The molecule has 2 aromatic carbocycles. The summed E-state index contributed by atoms with van der Waals surface area (Å²) in [4.78, 5) is 20.9. The van der Waals surface area contributed by atoms with Crippen LogP contribution in [0.15, 0.2) is 101 Å². The Kier molecular flexibility index (Phi) is 8.07. The quantitative estimate of drug-likeness (QED) is 0.319. The molecule has 5 rings (SSSR count). The molecule has 2 aliphatic heterocycles. The minimum atomic E-state index is 0.528. The van der Waals surface area contributed by atoms with Crippen LogP contribution in [0.5, 0.6) is 0 Å². The molecule has 0 fully saturated rings. The average Bonchev–Trinajstić information content (AvgIpc) is 2.98. The van der Waals surface area contributed by atoms with E-state index in [2.05, 4.69) is 99.2 Å². The third-order valence-electron chi connectivity index (χ3n) is 7.14. The highest BCUT2D eigenvalue weighted by Gasteiger charge is 2.32. The Morgan fingerprint density at radius 1 is 1.05 bits per heavy atom. The van der Waals surface area contributed by atoms with E-state index in [0.717, 1.165) is 70.5 Å². The normalized spacial score (nSPS) is 15.9. The predicted octanol–water partition coefficient (Wildman–Crippen LogP) is 6.86. The van der Waals surface area contributed by atoms with Crippen LogP contribution in [0, 0.1) is 11.3 Å². The van der Waals surface area contributed by atoms with E-state index in [1.54, 1.807) is 6.20 Å². The Balaban J connectivity index is 1.72. The van der Waals surface area contributed by atoms with E-state index in [1.807, 2.05) is 32.3 Å². The second kappa shape index (κ2) is 12.0. The summed E-state index contributed by atoms with van der Waals surface area (Å²) < 4.78 is 0. The van der Waals surface area contributed by atoms with E-state index in [-0.39, 0.29) is 0 Å². The molecular weight excluding hydrogens is 494 g/mol. The zero-order valence-electron chi connectivity index (χ0n) is 23.7. The highest BCUT2D eigenvalue weighted by molar-refractivity contribution is 6.16. The maximum Gasteiger partial charge on any atom is 0.134 e. The predicted molar refractivity (Wildman–Crippen MR) is 164 cm³/mol. The van der Waals surface area contributed by atoms with Crippen LogP contribution >= 0.6 is 0 Å². The maximum atomic E-state index is 10.1. The van der Waals surface area contributed by atoms with Crippen molar-refractivity contribution in [1.29, 1.82) is 5.26 Å². The second-order valence-electron chi connectivity index (χ2n) is 9.95. The highest BCUT2D eigenvalue weighted by Crippen LogP contribution is 2.43. The number of rotatable bonds is 8. The molecular formula is C33H35N7. The summed E-state index contributed by atoms with van der Waals surface area (Å²) in [6.07, 6.45) is 7.80. The fourth-order valence-corrected chi connectivity index (χ4v) is 5.40. The van der Waals surface area contributed by atoms with Gasteiger partial charge >= 0.3 is 0 Å². The van der Waals surface area contributed by atoms with Crippen molar-refractivity contribution in [1.82, 2.24) is 14.8 Å². The molecule has 0 unspecified atom stereocenters. The number of nitrogens with zero attached hydrogens (tertiary/aromatic N) is 7. The second-order valence-corrected chi connectivity index (χ2v) is 9.95. The van der Waals surface area contributed by atoms with Crippen LogP contribution in [0.2, 0.25) is 0 Å². The van der Waals surface area contributed by atoms with Crippen molar-refractivity contribution in [3.63, 3.8) is 0 Å². The minimum absolute atomic E-state index is 0.528. The van der Waals surface area contributed by atoms with Crippen LogP contribution in [0.1, 0.15) is 39.2 Å². The van der Waals surface area contributed by atoms with Gasteiger partial charge in [-0.25, -0.2) is 4.99 Å². The molecule has 0 atom stereocenters. The first-order valence-corrected chi connectivity index (χ1v) is 13.9. The number of anilines is 1. The molecule has 0 bridgehead atoms. The molecule has 7 heteroatoms. The highest BCUT2D eigenvalue weighted by atomic mass is 15.4. The van der Waals surface area contributed by atoms with Gasteiger partial charge < -0.3 is 9.80 Å². The zero-order chi connectivity index (χ0) is 28.1. The maximum absolute atomic E-state index is 10.1. The van der Waals surface area contributed by atoms with Crippen LogP contribution < -0.4 is 4.90 Å². The van der Waals surface area contributed by atoms with Gasteiger partial charge in [-0.05, 0) is 49.6 Å². The molecule has 40 heavy (non-hydrogen) atoms. The van der Waals surface area contributed by atoms with Gasteiger partial charge in [0.05, 0.1) is 23.6 Å². The molecule has 0 radical (unpaired) electrons. The van der Waals surface area contributed by atoms with Crippen molar-refractivity contribution in [2.75, 3.05) is 31.7 Å². The largest absolute Gasteiger partial charge is 0.350 e. The lowest BCUT2D eigenvalue weighted by Gasteiger charge is -2.40. The first-order valence-electron chi connectivity index (χ1n) is 13.9. The van der Waals surface area contributed by atoms with Crippen molar-refractivity contribution < 1.29 is 0 Å². The summed E-state index contributed by atoms with van der Waals surface area (Å²) in [6, 6.07) is 23.2. The van der Waals surface area contributed by atoms with Crippen LogP contribution in [-0.4, -0.2) is 53.1 Å². The number of pyridine rings is 1. The van der Waals surface area contributed by atoms with E-state index < -0.39 is 0 Å². The third kappa shape index (κ3) is 5.13. The lowest BCUT2D eigenvalue weighted by molar-refractivity contribution is 0.254. The smallest absolute Gasteiger partial charge is 0.134 e. The number of fused-ring (bicyclic) bond motifs is 1. The summed E-state index contributed by atoms with van der Waals surface area (Å²) in [5.74, 6) is 1.82. The lowest BCUT2D eigenvalue weighted by Crippen LogP contribution is -2.45. The Morgan fingerprint density at radius 2 is 1.88 bits per heavy atom. The van der Waals surface area contributed by atoms with Crippen LogP contribution in [-0.2, 0) is 0 Å². The molecule has 202 valence electrons. The van der Waals surface area contributed by atoms with Gasteiger partial charge in [-0.15, -0.1) is 0 Å². The van der Waals surface area contributed by atoms with Crippen molar-refractivity contribution in [3.05, 3.63) is 96.1 Å². The number of hydrogen-bond donors (Lipinski definition) is 0. The Morgan fingerprint density at radius 3 is 2.58 bits per heavy atom. The van der Waals surface area contributed by atoms with Crippen molar-refractivity contribution in [2.24, 2.45) is 9.98 Å². The number of hydrogen-bond acceptors (Lipinski definition) is 7. The Hall–Kier alpha value is -4.70.